The Balaban J connectivity index is 2.00. The minimum absolute atomic E-state index is 0.0186. The van der Waals surface area contributed by atoms with Gasteiger partial charge >= 0.3 is 12.9 Å². The third-order valence-electron chi connectivity index (χ3n) is 2.93. The number of nitrogens with zero attached hydrogens (tertiary/aromatic N) is 2. The monoisotopic (exact) mass is 374 g/mol. The number of hydrazone groups is 1. The van der Waals surface area contributed by atoms with Crippen molar-refractivity contribution in [3.63, 3.8) is 0 Å². The first-order chi connectivity index (χ1) is 11.8. The molecule has 134 valence electrons. The van der Waals surface area contributed by atoms with Crippen molar-refractivity contribution in [3.05, 3.63) is 40.7 Å². The SMILES string of the molecule is CCOC(=O)Cc1csc(NN=Cc2ccc(F)c([B-](F)(F)F)c2)n1. The highest BCUT2D eigenvalue weighted by Crippen LogP contribution is 2.16. The summed E-state index contributed by atoms with van der Waals surface area (Å²) in [6.07, 6.45) is 1.14. The van der Waals surface area contributed by atoms with Crippen LogP contribution in [0.15, 0.2) is 28.7 Å². The number of anilines is 1. The van der Waals surface area contributed by atoms with E-state index in [1.165, 1.54) is 17.4 Å². The molecule has 0 fully saturated rings. The fourth-order valence-electron chi connectivity index (χ4n) is 1.85. The summed E-state index contributed by atoms with van der Waals surface area (Å²) in [6, 6.07) is 2.61. The number of hydrogen-bond acceptors (Lipinski definition) is 6. The van der Waals surface area contributed by atoms with Gasteiger partial charge in [0, 0.05) is 5.38 Å². The Morgan fingerprint density at radius 3 is 2.88 bits per heavy atom. The van der Waals surface area contributed by atoms with Gasteiger partial charge in [0.05, 0.1) is 30.8 Å². The van der Waals surface area contributed by atoms with Crippen LogP contribution in [-0.4, -0.2) is 30.8 Å². The summed E-state index contributed by atoms with van der Waals surface area (Å²) in [5.74, 6) is -1.73. The summed E-state index contributed by atoms with van der Waals surface area (Å²) >= 11 is 1.17. The third kappa shape index (κ3) is 5.56. The lowest BCUT2D eigenvalue weighted by Crippen LogP contribution is -2.37. The Kier molecular flexibility index (Phi) is 6.13. The predicted molar refractivity (Wildman–Crippen MR) is 88.8 cm³/mol. The van der Waals surface area contributed by atoms with Gasteiger partial charge < -0.3 is 17.7 Å². The van der Waals surface area contributed by atoms with E-state index in [9.17, 15) is 22.1 Å². The molecule has 2 aromatic rings. The van der Waals surface area contributed by atoms with Crippen molar-refractivity contribution < 1.29 is 26.9 Å². The van der Waals surface area contributed by atoms with Crippen LogP contribution in [-0.2, 0) is 16.0 Å². The smallest absolute Gasteiger partial charge is 0.466 e. The highest BCUT2D eigenvalue weighted by molar-refractivity contribution is 7.13. The summed E-state index contributed by atoms with van der Waals surface area (Å²) in [7, 11) is 0. The molecule has 0 aliphatic carbocycles. The van der Waals surface area contributed by atoms with Gasteiger partial charge in [-0.1, -0.05) is 17.6 Å². The maximum absolute atomic E-state index is 13.2. The average molecular weight is 374 g/mol. The van der Waals surface area contributed by atoms with Crippen LogP contribution in [0.25, 0.3) is 0 Å². The first-order valence-corrected chi connectivity index (χ1v) is 8.06. The minimum Gasteiger partial charge on any atom is -0.466 e. The lowest BCUT2D eigenvalue weighted by molar-refractivity contribution is -0.142. The van der Waals surface area contributed by atoms with E-state index in [2.05, 4.69) is 15.5 Å². The fourth-order valence-corrected chi connectivity index (χ4v) is 2.51. The van der Waals surface area contributed by atoms with Gasteiger partial charge in [0.25, 0.3) is 0 Å². The van der Waals surface area contributed by atoms with Gasteiger partial charge in [0.1, 0.15) is 0 Å². The molecule has 1 aromatic heterocycles. The second kappa shape index (κ2) is 8.10. The molecule has 1 N–H and O–H groups in total. The summed E-state index contributed by atoms with van der Waals surface area (Å²) in [6.45, 7) is -3.47. The van der Waals surface area contributed by atoms with E-state index in [1.807, 2.05) is 0 Å². The normalized spacial score (nSPS) is 11.7. The second-order valence-corrected chi connectivity index (χ2v) is 5.71. The van der Waals surface area contributed by atoms with Gasteiger partial charge in [-0.05, 0) is 18.6 Å². The molecule has 0 aliphatic rings. The van der Waals surface area contributed by atoms with Crippen LogP contribution in [0, 0.1) is 5.82 Å². The van der Waals surface area contributed by atoms with Gasteiger partial charge in [-0.15, -0.1) is 11.3 Å². The predicted octanol–water partition coefficient (Wildman–Crippen LogP) is 2.89. The number of benzene rings is 1. The van der Waals surface area contributed by atoms with E-state index < -0.39 is 24.2 Å². The van der Waals surface area contributed by atoms with Crippen LogP contribution in [0.2, 0.25) is 0 Å². The van der Waals surface area contributed by atoms with Gasteiger partial charge in [0.15, 0.2) is 0 Å². The van der Waals surface area contributed by atoms with Crippen LogP contribution in [0.1, 0.15) is 18.2 Å². The molecule has 0 atom stereocenters. The number of carbonyl (C=O) groups excluding carboxylic acids is 1. The number of ether oxygens (including phenoxy) is 1. The topological polar surface area (TPSA) is 63.6 Å². The zero-order valence-corrected chi connectivity index (χ0v) is 13.8. The number of thiazole rings is 1. The van der Waals surface area contributed by atoms with Crippen molar-refractivity contribution in [3.8, 4) is 0 Å². The Hall–Kier alpha value is -2.43. The van der Waals surface area contributed by atoms with Crippen molar-refractivity contribution in [2.75, 3.05) is 12.0 Å². The van der Waals surface area contributed by atoms with Crippen LogP contribution in [0.3, 0.4) is 0 Å². The van der Waals surface area contributed by atoms with Crippen molar-refractivity contribution >= 4 is 41.1 Å². The second-order valence-electron chi connectivity index (χ2n) is 4.85. The Bertz CT molecular complexity index is 780. The molecule has 11 heteroatoms. The first kappa shape index (κ1) is 18.9. The van der Waals surface area contributed by atoms with Gasteiger partial charge in [0.2, 0.25) is 5.13 Å². The number of carbonyl (C=O) groups is 1. The van der Waals surface area contributed by atoms with Gasteiger partial charge in [-0.3, -0.25) is 10.2 Å². The van der Waals surface area contributed by atoms with Gasteiger partial charge in [-0.2, -0.15) is 5.10 Å². The number of nitrogens with one attached hydrogen (secondary N) is 1. The molecule has 0 saturated carbocycles. The molecule has 5 nitrogen and oxygen atoms in total. The van der Waals surface area contributed by atoms with Crippen molar-refractivity contribution in [2.24, 2.45) is 5.10 Å². The van der Waals surface area contributed by atoms with Crippen LogP contribution in [0.4, 0.5) is 22.5 Å². The van der Waals surface area contributed by atoms with Crippen molar-refractivity contribution in [1.29, 1.82) is 0 Å². The maximum Gasteiger partial charge on any atom is 0.512 e. The molecule has 2 rings (SSSR count). The molecule has 0 unspecified atom stereocenters. The highest BCUT2D eigenvalue weighted by Gasteiger charge is 2.28. The zero-order valence-electron chi connectivity index (χ0n) is 13.0. The largest absolute Gasteiger partial charge is 0.512 e. The minimum atomic E-state index is -5.44. The number of aromatic nitrogens is 1. The summed E-state index contributed by atoms with van der Waals surface area (Å²) in [5, 5.41) is 5.76. The maximum atomic E-state index is 13.2. The highest BCUT2D eigenvalue weighted by atomic mass is 32.1. The molecule has 0 radical (unpaired) electrons. The van der Waals surface area contributed by atoms with Crippen LogP contribution < -0.4 is 10.9 Å². The third-order valence-corrected chi connectivity index (χ3v) is 3.72. The number of rotatable bonds is 7. The lowest BCUT2D eigenvalue weighted by Gasteiger charge is -2.16. The Labute approximate surface area is 144 Å². The molecule has 0 spiro atoms. The molecule has 25 heavy (non-hydrogen) atoms. The van der Waals surface area contributed by atoms with E-state index in [4.69, 9.17) is 4.74 Å². The van der Waals surface area contributed by atoms with Crippen LogP contribution in [0.5, 0.6) is 0 Å². The summed E-state index contributed by atoms with van der Waals surface area (Å²) < 4.78 is 56.1. The first-order valence-electron chi connectivity index (χ1n) is 7.18. The van der Waals surface area contributed by atoms with Gasteiger partial charge in [-0.25, -0.2) is 9.37 Å². The zero-order chi connectivity index (χ0) is 18.4. The molecule has 0 amide bonds. The number of hydrogen-bond donors (Lipinski definition) is 1. The molecule has 1 aromatic carbocycles. The molecular formula is C14H13BF4N3O2S-. The van der Waals surface area contributed by atoms with E-state index in [-0.39, 0.29) is 18.6 Å². The number of halogens is 4. The lowest BCUT2D eigenvalue weighted by atomic mass is 9.79. The Morgan fingerprint density at radius 2 is 2.20 bits per heavy atom. The summed E-state index contributed by atoms with van der Waals surface area (Å²) in [4.78, 5) is 15.4. The molecule has 0 saturated heterocycles. The van der Waals surface area contributed by atoms with Crippen LogP contribution >= 0.6 is 11.3 Å². The van der Waals surface area contributed by atoms with Crippen molar-refractivity contribution in [2.45, 2.75) is 13.3 Å². The van der Waals surface area contributed by atoms with E-state index in [1.54, 1.807) is 12.3 Å². The standard InChI is InChI=1S/C14H13BF4N3O2S/c1-2-24-13(23)6-10-8-25-14(21-10)22-20-7-9-3-4-12(16)11(5-9)15(17,18)19/h3-5,7-8H,2,6H2,1H3,(H,21,22)/q-1. The van der Waals surface area contributed by atoms with Crippen molar-refractivity contribution in [1.82, 2.24) is 4.98 Å². The molecular weight excluding hydrogens is 361 g/mol. The van der Waals surface area contributed by atoms with E-state index >= 15 is 0 Å². The fraction of sp³-hybridized carbons (Fsp3) is 0.214. The molecule has 0 aliphatic heterocycles. The van der Waals surface area contributed by atoms with E-state index in [0.29, 0.717) is 16.9 Å². The number of esters is 1. The Morgan fingerprint density at radius 1 is 1.44 bits per heavy atom. The van der Waals surface area contributed by atoms with E-state index in [0.717, 1.165) is 12.3 Å². The summed E-state index contributed by atoms with van der Waals surface area (Å²) in [5.41, 5.74) is 1.83. The molecule has 0 bridgehead atoms. The quantitative estimate of drug-likeness (QED) is 0.266. The molecule has 1 heterocycles. The average Bonchev–Trinajstić information content (AvgIpc) is 2.95.